The third kappa shape index (κ3) is 2.83. The van der Waals surface area contributed by atoms with Gasteiger partial charge in [0.2, 0.25) is 5.91 Å². The van der Waals surface area contributed by atoms with Crippen LogP contribution in [-0.2, 0) is 16.0 Å². The fourth-order valence-electron chi connectivity index (χ4n) is 2.28. The van der Waals surface area contributed by atoms with Gasteiger partial charge in [-0.05, 0) is 19.3 Å². The molecule has 19 heavy (non-hydrogen) atoms. The van der Waals surface area contributed by atoms with Crippen molar-refractivity contribution < 1.29 is 14.7 Å². The number of aromatic nitrogens is 2. The molecule has 0 saturated heterocycles. The number of aliphatic carboxylic acids is 1. The zero-order valence-electron chi connectivity index (χ0n) is 10.7. The van der Waals surface area contributed by atoms with Gasteiger partial charge in [0.25, 0.3) is 0 Å². The van der Waals surface area contributed by atoms with Gasteiger partial charge < -0.3 is 10.4 Å². The van der Waals surface area contributed by atoms with E-state index in [0.717, 1.165) is 12.0 Å². The third-order valence-corrected chi connectivity index (χ3v) is 3.43. The van der Waals surface area contributed by atoms with Gasteiger partial charge in [0.1, 0.15) is 5.82 Å². The van der Waals surface area contributed by atoms with Crippen molar-refractivity contribution in [2.75, 3.05) is 5.32 Å². The van der Waals surface area contributed by atoms with E-state index in [0.29, 0.717) is 18.7 Å². The fourth-order valence-corrected chi connectivity index (χ4v) is 2.28. The second-order valence-corrected chi connectivity index (χ2v) is 4.61. The standard InChI is InChI=1S/C13H17N3O3/c1-2-8-7-14-16-11(8)15-12(17)9-5-3-4-6-10(9)13(18)19/h3-4,7,9-10H,2,5-6H2,1H3,(H,18,19)(H2,14,15,16,17)/t9-,10+/m1/s1. The number of hydrogen-bond donors (Lipinski definition) is 3. The van der Waals surface area contributed by atoms with Crippen molar-refractivity contribution in [3.63, 3.8) is 0 Å². The first-order chi connectivity index (χ1) is 9.13. The van der Waals surface area contributed by atoms with Crippen molar-refractivity contribution in [2.45, 2.75) is 26.2 Å². The molecular formula is C13H17N3O3. The molecule has 0 saturated carbocycles. The first-order valence-corrected chi connectivity index (χ1v) is 6.34. The SMILES string of the molecule is CCc1cn[nH]c1NC(=O)[C@@H]1CC=CC[C@@H]1C(=O)O. The highest BCUT2D eigenvalue weighted by Crippen LogP contribution is 2.27. The lowest BCUT2D eigenvalue weighted by Crippen LogP contribution is -2.35. The molecule has 0 spiro atoms. The summed E-state index contributed by atoms with van der Waals surface area (Å²) < 4.78 is 0. The van der Waals surface area contributed by atoms with Crippen molar-refractivity contribution in [2.24, 2.45) is 11.8 Å². The Morgan fingerprint density at radius 2 is 2.11 bits per heavy atom. The lowest BCUT2D eigenvalue weighted by molar-refractivity contribution is -0.146. The van der Waals surface area contributed by atoms with Crippen LogP contribution < -0.4 is 5.32 Å². The maximum atomic E-state index is 12.2. The maximum absolute atomic E-state index is 12.2. The van der Waals surface area contributed by atoms with Crippen LogP contribution in [0.2, 0.25) is 0 Å². The number of aromatic amines is 1. The van der Waals surface area contributed by atoms with Gasteiger partial charge in [-0.1, -0.05) is 19.1 Å². The number of rotatable bonds is 4. The molecule has 0 unspecified atom stereocenters. The predicted molar refractivity (Wildman–Crippen MR) is 69.6 cm³/mol. The van der Waals surface area contributed by atoms with E-state index in [1.54, 1.807) is 6.20 Å². The van der Waals surface area contributed by atoms with E-state index in [9.17, 15) is 9.59 Å². The van der Waals surface area contributed by atoms with E-state index in [2.05, 4.69) is 15.5 Å². The number of amides is 1. The minimum Gasteiger partial charge on any atom is -0.481 e. The van der Waals surface area contributed by atoms with Crippen LogP contribution in [0.4, 0.5) is 5.82 Å². The molecule has 1 aromatic heterocycles. The summed E-state index contributed by atoms with van der Waals surface area (Å²) in [7, 11) is 0. The summed E-state index contributed by atoms with van der Waals surface area (Å²) in [5.74, 6) is -1.82. The number of carboxylic acids is 1. The number of anilines is 1. The summed E-state index contributed by atoms with van der Waals surface area (Å²) in [6.45, 7) is 1.96. The number of nitrogens with one attached hydrogen (secondary N) is 2. The van der Waals surface area contributed by atoms with Crippen molar-refractivity contribution in [1.82, 2.24) is 10.2 Å². The van der Waals surface area contributed by atoms with Gasteiger partial charge in [0.05, 0.1) is 18.0 Å². The van der Waals surface area contributed by atoms with Crippen LogP contribution in [0.25, 0.3) is 0 Å². The Morgan fingerprint density at radius 1 is 1.42 bits per heavy atom. The molecule has 2 atom stereocenters. The Labute approximate surface area is 110 Å². The van der Waals surface area contributed by atoms with Crippen LogP contribution in [0.3, 0.4) is 0 Å². The van der Waals surface area contributed by atoms with E-state index < -0.39 is 17.8 Å². The largest absolute Gasteiger partial charge is 0.481 e. The Bertz CT molecular complexity index is 507. The molecule has 1 heterocycles. The van der Waals surface area contributed by atoms with E-state index in [-0.39, 0.29) is 5.91 Å². The van der Waals surface area contributed by atoms with E-state index in [1.807, 2.05) is 19.1 Å². The smallest absolute Gasteiger partial charge is 0.307 e. The van der Waals surface area contributed by atoms with Crippen LogP contribution in [-0.4, -0.2) is 27.2 Å². The van der Waals surface area contributed by atoms with Crippen LogP contribution >= 0.6 is 0 Å². The number of hydrogen-bond acceptors (Lipinski definition) is 3. The molecule has 6 heteroatoms. The Balaban J connectivity index is 2.10. The average molecular weight is 263 g/mol. The molecule has 0 radical (unpaired) electrons. The van der Waals surface area contributed by atoms with Crippen LogP contribution in [0.15, 0.2) is 18.3 Å². The number of carbonyl (C=O) groups is 2. The Hall–Kier alpha value is -2.11. The summed E-state index contributed by atoms with van der Waals surface area (Å²) >= 11 is 0. The summed E-state index contributed by atoms with van der Waals surface area (Å²) in [4.78, 5) is 23.4. The van der Waals surface area contributed by atoms with Gasteiger partial charge in [0.15, 0.2) is 0 Å². The number of nitrogens with zero attached hydrogens (tertiary/aromatic N) is 1. The van der Waals surface area contributed by atoms with Gasteiger partial charge in [-0.25, -0.2) is 0 Å². The van der Waals surface area contributed by atoms with Crippen molar-refractivity contribution in [3.05, 3.63) is 23.9 Å². The first-order valence-electron chi connectivity index (χ1n) is 6.34. The second kappa shape index (κ2) is 5.69. The molecule has 0 aromatic carbocycles. The van der Waals surface area contributed by atoms with E-state index in [4.69, 9.17) is 5.11 Å². The van der Waals surface area contributed by atoms with Crippen molar-refractivity contribution in [3.8, 4) is 0 Å². The number of carbonyl (C=O) groups excluding carboxylic acids is 1. The molecule has 1 aliphatic carbocycles. The summed E-state index contributed by atoms with van der Waals surface area (Å²) in [5.41, 5.74) is 0.909. The van der Waals surface area contributed by atoms with E-state index in [1.165, 1.54) is 0 Å². The number of allylic oxidation sites excluding steroid dienone is 2. The quantitative estimate of drug-likeness (QED) is 0.719. The molecule has 1 amide bonds. The third-order valence-electron chi connectivity index (χ3n) is 3.43. The highest BCUT2D eigenvalue weighted by Gasteiger charge is 2.34. The molecule has 0 fully saturated rings. The predicted octanol–water partition coefficient (Wildman–Crippen LogP) is 1.58. The maximum Gasteiger partial charge on any atom is 0.307 e. The highest BCUT2D eigenvalue weighted by atomic mass is 16.4. The molecule has 1 aromatic rings. The zero-order chi connectivity index (χ0) is 13.8. The molecule has 0 aliphatic heterocycles. The van der Waals surface area contributed by atoms with Crippen LogP contribution in [0, 0.1) is 11.8 Å². The average Bonchev–Trinajstić information content (AvgIpc) is 2.85. The van der Waals surface area contributed by atoms with Gasteiger partial charge >= 0.3 is 5.97 Å². The van der Waals surface area contributed by atoms with Gasteiger partial charge in [0, 0.05) is 5.56 Å². The van der Waals surface area contributed by atoms with Crippen molar-refractivity contribution in [1.29, 1.82) is 0 Å². The molecule has 1 aliphatic rings. The van der Waals surface area contributed by atoms with Crippen molar-refractivity contribution >= 4 is 17.7 Å². The molecular weight excluding hydrogens is 246 g/mol. The fraction of sp³-hybridized carbons (Fsp3) is 0.462. The monoisotopic (exact) mass is 263 g/mol. The molecule has 2 rings (SSSR count). The van der Waals surface area contributed by atoms with Gasteiger partial charge in [-0.2, -0.15) is 5.10 Å². The summed E-state index contributed by atoms with van der Waals surface area (Å²) in [5, 5.41) is 18.5. The first kappa shape index (κ1) is 13.3. The minimum atomic E-state index is -0.926. The lowest BCUT2D eigenvalue weighted by Gasteiger charge is -2.24. The summed E-state index contributed by atoms with van der Waals surface area (Å²) in [6, 6.07) is 0. The van der Waals surface area contributed by atoms with Gasteiger partial charge in [-0.3, -0.25) is 14.7 Å². The van der Waals surface area contributed by atoms with Crippen LogP contribution in [0.5, 0.6) is 0 Å². The Morgan fingerprint density at radius 3 is 2.74 bits per heavy atom. The second-order valence-electron chi connectivity index (χ2n) is 4.61. The Kier molecular flexibility index (Phi) is 3.99. The van der Waals surface area contributed by atoms with Gasteiger partial charge in [-0.15, -0.1) is 0 Å². The molecule has 0 bridgehead atoms. The normalized spacial score (nSPS) is 22.2. The lowest BCUT2D eigenvalue weighted by atomic mass is 9.82. The van der Waals surface area contributed by atoms with E-state index >= 15 is 0 Å². The highest BCUT2D eigenvalue weighted by molar-refractivity contribution is 5.95. The molecule has 3 N–H and O–H groups in total. The molecule has 102 valence electrons. The molecule has 6 nitrogen and oxygen atoms in total. The number of carboxylic acid groups (broad SMARTS) is 1. The summed E-state index contributed by atoms with van der Waals surface area (Å²) in [6.07, 6.45) is 6.94. The topological polar surface area (TPSA) is 95.1 Å². The zero-order valence-corrected chi connectivity index (χ0v) is 10.7. The number of H-pyrrole nitrogens is 1. The van der Waals surface area contributed by atoms with Crippen LogP contribution in [0.1, 0.15) is 25.3 Å². The number of aryl methyl sites for hydroxylation is 1. The minimum absolute atomic E-state index is 0.268.